The molecule has 3 N–H and O–H groups in total. The fourth-order valence-electron chi connectivity index (χ4n) is 4.56. The van der Waals surface area contributed by atoms with Gasteiger partial charge in [-0.25, -0.2) is 4.39 Å². The number of primary amides is 1. The molecule has 41 heavy (non-hydrogen) atoms. The first kappa shape index (κ1) is 27.6. The van der Waals surface area contributed by atoms with Gasteiger partial charge < -0.3 is 20.2 Å². The molecule has 2 heterocycles. The van der Waals surface area contributed by atoms with Crippen LogP contribution in [-0.4, -0.2) is 23.3 Å². The van der Waals surface area contributed by atoms with E-state index >= 15 is 0 Å². The van der Waals surface area contributed by atoms with Gasteiger partial charge in [0.15, 0.2) is 0 Å². The van der Waals surface area contributed by atoms with Gasteiger partial charge in [0, 0.05) is 35.7 Å². The highest BCUT2D eigenvalue weighted by atomic mass is 19.1. The Kier molecular flexibility index (Phi) is 8.10. The molecule has 0 unspecified atom stereocenters. The number of carbonyl (C=O) groups is 2. The van der Waals surface area contributed by atoms with Crippen LogP contribution < -0.4 is 15.8 Å². The lowest BCUT2D eigenvalue weighted by Gasteiger charge is -2.14. The van der Waals surface area contributed by atoms with Crippen LogP contribution in [0.4, 0.5) is 4.39 Å². The van der Waals surface area contributed by atoms with Crippen molar-refractivity contribution in [3.8, 4) is 17.1 Å². The van der Waals surface area contributed by atoms with E-state index in [-0.39, 0.29) is 23.8 Å². The molecule has 0 aliphatic heterocycles. The quantitative estimate of drug-likeness (QED) is 0.212. The van der Waals surface area contributed by atoms with E-state index in [4.69, 9.17) is 14.9 Å². The minimum absolute atomic E-state index is 0.165. The molecule has 5 rings (SSSR count). The number of pyridine rings is 1. The molecule has 0 radical (unpaired) electrons. The average molecular weight is 552 g/mol. The van der Waals surface area contributed by atoms with E-state index in [9.17, 15) is 14.0 Å². The first-order chi connectivity index (χ1) is 19.8. The number of fused-ring (bicyclic) bond motifs is 1. The van der Waals surface area contributed by atoms with Crippen molar-refractivity contribution in [2.24, 2.45) is 11.7 Å². The number of furan rings is 1. The summed E-state index contributed by atoms with van der Waals surface area (Å²) in [5.74, 6) is 0.0116. The Labute approximate surface area is 237 Å². The molecule has 208 valence electrons. The Morgan fingerprint density at radius 2 is 1.83 bits per heavy atom. The molecule has 0 fully saturated rings. The molecular formula is C33H30FN3O4. The number of nitrogens with two attached hydrogens (primary N) is 1. The Morgan fingerprint density at radius 3 is 2.54 bits per heavy atom. The smallest absolute Gasteiger partial charge is 0.253 e. The second kappa shape index (κ2) is 12.0. The number of benzene rings is 3. The van der Waals surface area contributed by atoms with Crippen LogP contribution in [0, 0.1) is 11.7 Å². The number of hydrogen-bond donors (Lipinski definition) is 2. The summed E-state index contributed by atoms with van der Waals surface area (Å²) >= 11 is 0. The molecule has 0 saturated carbocycles. The molecule has 0 bridgehead atoms. The van der Waals surface area contributed by atoms with E-state index in [0.29, 0.717) is 46.7 Å². The monoisotopic (exact) mass is 551 g/mol. The van der Waals surface area contributed by atoms with Crippen molar-refractivity contribution in [1.29, 1.82) is 0 Å². The van der Waals surface area contributed by atoms with Gasteiger partial charge in [-0.1, -0.05) is 26.0 Å². The van der Waals surface area contributed by atoms with Crippen molar-refractivity contribution in [2.45, 2.75) is 26.9 Å². The molecule has 7 nitrogen and oxygen atoms in total. The van der Waals surface area contributed by atoms with Crippen molar-refractivity contribution in [1.82, 2.24) is 10.3 Å². The second-order valence-corrected chi connectivity index (χ2v) is 10.2. The molecule has 2 amide bonds. The van der Waals surface area contributed by atoms with Crippen LogP contribution in [0.2, 0.25) is 0 Å². The van der Waals surface area contributed by atoms with E-state index in [0.717, 1.165) is 16.8 Å². The van der Waals surface area contributed by atoms with E-state index in [1.807, 2.05) is 50.2 Å². The van der Waals surface area contributed by atoms with Gasteiger partial charge in [-0.15, -0.1) is 0 Å². The van der Waals surface area contributed by atoms with Crippen LogP contribution in [0.1, 0.15) is 51.4 Å². The summed E-state index contributed by atoms with van der Waals surface area (Å²) in [6.45, 7) is 4.90. The number of carbonyl (C=O) groups excluding carboxylic acids is 2. The number of rotatable bonds is 10. The number of amides is 2. The van der Waals surface area contributed by atoms with E-state index in [1.165, 1.54) is 12.1 Å². The normalized spacial score (nSPS) is 11.1. The zero-order chi connectivity index (χ0) is 28.9. The topological polar surface area (TPSA) is 107 Å². The maximum atomic E-state index is 13.5. The Morgan fingerprint density at radius 1 is 1.02 bits per heavy atom. The van der Waals surface area contributed by atoms with Crippen molar-refractivity contribution in [3.05, 3.63) is 119 Å². The summed E-state index contributed by atoms with van der Waals surface area (Å²) < 4.78 is 25.6. The van der Waals surface area contributed by atoms with Crippen LogP contribution in [0.15, 0.2) is 89.5 Å². The lowest BCUT2D eigenvalue weighted by molar-refractivity contribution is 0.0947. The van der Waals surface area contributed by atoms with Gasteiger partial charge in [0.2, 0.25) is 0 Å². The SMILES string of the molecule is CC(C)CNC(=O)c1ccc(OCc2ccccn2)c(Cc2ccc3oc(-c4ccc(F)cc4)c(C(N)=O)c3c2)c1. The van der Waals surface area contributed by atoms with Gasteiger partial charge >= 0.3 is 0 Å². The minimum Gasteiger partial charge on any atom is -0.487 e. The summed E-state index contributed by atoms with van der Waals surface area (Å²) in [7, 11) is 0. The third-order valence-electron chi connectivity index (χ3n) is 6.60. The van der Waals surface area contributed by atoms with Crippen molar-refractivity contribution in [2.75, 3.05) is 6.54 Å². The number of ether oxygens (including phenoxy) is 1. The standard InChI is InChI=1S/C33H30FN3O4/c1-20(2)18-37-33(39)23-9-13-28(40-19-26-5-3-4-14-36-26)24(17-23)15-21-6-12-29-27(16-21)30(32(35)38)31(41-29)22-7-10-25(34)11-8-22/h3-14,16-17,20H,15,18-19H2,1-2H3,(H2,35,38)(H,37,39). The van der Waals surface area contributed by atoms with Crippen molar-refractivity contribution < 1.29 is 23.1 Å². The van der Waals surface area contributed by atoms with Gasteiger partial charge in [-0.3, -0.25) is 14.6 Å². The highest BCUT2D eigenvalue weighted by molar-refractivity contribution is 6.10. The van der Waals surface area contributed by atoms with Gasteiger partial charge in [0.05, 0.1) is 11.3 Å². The number of hydrogen-bond acceptors (Lipinski definition) is 5. The number of halogens is 1. The van der Waals surface area contributed by atoms with Gasteiger partial charge in [-0.05, 0) is 83.8 Å². The number of nitrogens with zero attached hydrogens (tertiary/aromatic N) is 1. The zero-order valence-corrected chi connectivity index (χ0v) is 22.8. The lowest BCUT2D eigenvalue weighted by Crippen LogP contribution is -2.27. The maximum absolute atomic E-state index is 13.5. The Bertz CT molecular complexity index is 1700. The third-order valence-corrected chi connectivity index (χ3v) is 6.60. The Hall–Kier alpha value is -4.98. The van der Waals surface area contributed by atoms with E-state index < -0.39 is 11.7 Å². The van der Waals surface area contributed by atoms with Crippen molar-refractivity contribution >= 4 is 22.8 Å². The van der Waals surface area contributed by atoms with Crippen LogP contribution in [-0.2, 0) is 13.0 Å². The fourth-order valence-corrected chi connectivity index (χ4v) is 4.56. The summed E-state index contributed by atoms with van der Waals surface area (Å²) in [6, 6.07) is 22.2. The van der Waals surface area contributed by atoms with Crippen LogP contribution in [0.3, 0.4) is 0 Å². The number of aromatic nitrogens is 1. The highest BCUT2D eigenvalue weighted by Crippen LogP contribution is 2.35. The molecule has 5 aromatic rings. The summed E-state index contributed by atoms with van der Waals surface area (Å²) in [6.07, 6.45) is 2.12. The molecule has 0 atom stereocenters. The zero-order valence-electron chi connectivity index (χ0n) is 22.8. The molecule has 0 saturated heterocycles. The van der Waals surface area contributed by atoms with Crippen LogP contribution in [0.5, 0.6) is 5.75 Å². The average Bonchev–Trinajstić information content (AvgIpc) is 3.35. The Balaban J connectivity index is 1.50. The second-order valence-electron chi connectivity index (χ2n) is 10.2. The largest absolute Gasteiger partial charge is 0.487 e. The van der Waals surface area contributed by atoms with E-state index in [1.54, 1.807) is 36.5 Å². The first-order valence-electron chi connectivity index (χ1n) is 13.3. The van der Waals surface area contributed by atoms with Gasteiger partial charge in [0.25, 0.3) is 11.8 Å². The molecule has 0 spiro atoms. The summed E-state index contributed by atoms with van der Waals surface area (Å²) in [4.78, 5) is 29.7. The molecule has 0 aliphatic rings. The fraction of sp³-hybridized carbons (Fsp3) is 0.182. The molecular weight excluding hydrogens is 521 g/mol. The van der Waals surface area contributed by atoms with Gasteiger partial charge in [0.1, 0.15) is 29.5 Å². The van der Waals surface area contributed by atoms with Crippen LogP contribution >= 0.6 is 0 Å². The predicted octanol–water partition coefficient (Wildman–Crippen LogP) is 6.29. The molecule has 8 heteroatoms. The minimum atomic E-state index is -0.650. The molecule has 3 aromatic carbocycles. The summed E-state index contributed by atoms with van der Waals surface area (Å²) in [5.41, 5.74) is 9.97. The maximum Gasteiger partial charge on any atom is 0.253 e. The van der Waals surface area contributed by atoms with Crippen molar-refractivity contribution in [3.63, 3.8) is 0 Å². The van der Waals surface area contributed by atoms with Crippen LogP contribution in [0.25, 0.3) is 22.3 Å². The molecule has 2 aromatic heterocycles. The predicted molar refractivity (Wildman–Crippen MR) is 155 cm³/mol. The third kappa shape index (κ3) is 6.44. The van der Waals surface area contributed by atoms with E-state index in [2.05, 4.69) is 10.3 Å². The highest BCUT2D eigenvalue weighted by Gasteiger charge is 2.21. The first-order valence-corrected chi connectivity index (χ1v) is 13.3. The van der Waals surface area contributed by atoms with Gasteiger partial charge in [-0.2, -0.15) is 0 Å². The summed E-state index contributed by atoms with van der Waals surface area (Å²) in [5, 5.41) is 3.51. The lowest BCUT2D eigenvalue weighted by atomic mass is 9.98. The number of nitrogens with one attached hydrogen (secondary N) is 1. The molecule has 0 aliphatic carbocycles.